The first kappa shape index (κ1) is 26.6. The molecule has 5 heteroatoms. The molecule has 1 atom stereocenters. The third kappa shape index (κ3) is 6.50. The number of halogens is 1. The molecular weight excluding hydrogens is 475 g/mol. The van der Waals surface area contributed by atoms with Crippen LogP contribution < -0.4 is 14.8 Å². The Morgan fingerprint density at radius 2 is 1.68 bits per heavy atom. The van der Waals surface area contributed by atoms with Crippen molar-refractivity contribution >= 4 is 5.69 Å². The fourth-order valence-corrected chi connectivity index (χ4v) is 6.07. The van der Waals surface area contributed by atoms with E-state index in [0.29, 0.717) is 12.5 Å². The van der Waals surface area contributed by atoms with Crippen LogP contribution in [0.3, 0.4) is 0 Å². The summed E-state index contributed by atoms with van der Waals surface area (Å²) in [5, 5.41) is 3.60. The molecule has 1 aliphatic carbocycles. The Morgan fingerprint density at radius 3 is 2.47 bits per heavy atom. The molecule has 0 aromatic heterocycles. The fourth-order valence-electron chi connectivity index (χ4n) is 6.07. The molecule has 0 saturated carbocycles. The third-order valence-electron chi connectivity index (χ3n) is 8.31. The number of hydrogen-bond acceptors (Lipinski definition) is 4. The second kappa shape index (κ2) is 12.7. The van der Waals surface area contributed by atoms with Crippen LogP contribution in [0.15, 0.2) is 54.6 Å². The number of anilines is 1. The van der Waals surface area contributed by atoms with Crippen LogP contribution in [0, 0.1) is 5.82 Å². The number of ether oxygens (including phenoxy) is 2. The van der Waals surface area contributed by atoms with Crippen LogP contribution in [0.25, 0.3) is 0 Å². The van der Waals surface area contributed by atoms with Gasteiger partial charge < -0.3 is 19.7 Å². The average Bonchev–Trinajstić information content (AvgIpc) is 2.97. The highest BCUT2D eigenvalue weighted by atomic mass is 19.1. The van der Waals surface area contributed by atoms with Crippen LogP contribution in [-0.2, 0) is 25.8 Å². The fraction of sp³-hybridized carbons (Fsp3) is 0.455. The van der Waals surface area contributed by atoms with Crippen LogP contribution in [0.4, 0.5) is 10.1 Å². The Balaban J connectivity index is 1.23. The number of nitrogens with one attached hydrogen (secondary N) is 1. The van der Waals surface area contributed by atoms with E-state index in [4.69, 9.17) is 9.47 Å². The van der Waals surface area contributed by atoms with Crippen molar-refractivity contribution in [2.45, 2.75) is 63.8 Å². The topological polar surface area (TPSA) is 33.7 Å². The molecule has 3 aromatic rings. The lowest BCUT2D eigenvalue weighted by Gasteiger charge is -2.27. The highest BCUT2D eigenvalue weighted by Crippen LogP contribution is 2.38. The molecule has 0 radical (unpaired) electrons. The predicted molar refractivity (Wildman–Crippen MR) is 153 cm³/mol. The van der Waals surface area contributed by atoms with Crippen molar-refractivity contribution in [3.05, 3.63) is 88.2 Å². The molecule has 5 rings (SSSR count). The van der Waals surface area contributed by atoms with Crippen molar-refractivity contribution in [3.8, 4) is 11.5 Å². The minimum absolute atomic E-state index is 0.0897. The van der Waals surface area contributed by atoms with Gasteiger partial charge in [0.25, 0.3) is 0 Å². The van der Waals surface area contributed by atoms with Crippen LogP contribution in [0.1, 0.15) is 65.8 Å². The van der Waals surface area contributed by atoms with Gasteiger partial charge in [-0.05, 0) is 123 Å². The molecule has 1 N–H and O–H groups in total. The van der Waals surface area contributed by atoms with Crippen molar-refractivity contribution in [1.29, 1.82) is 0 Å². The molecule has 1 unspecified atom stereocenters. The summed E-state index contributed by atoms with van der Waals surface area (Å²) in [5.74, 6) is 2.08. The number of fused-ring (bicyclic) bond motifs is 1. The molecule has 0 amide bonds. The lowest BCUT2D eigenvalue weighted by atomic mass is 9.79. The molecule has 1 aliphatic heterocycles. The number of nitrogens with zero attached hydrogens (tertiary/aromatic N) is 1. The highest BCUT2D eigenvalue weighted by molar-refractivity contribution is 5.58. The molecule has 0 spiro atoms. The second-order valence-electron chi connectivity index (χ2n) is 10.8. The largest absolute Gasteiger partial charge is 0.497 e. The smallest absolute Gasteiger partial charge is 0.126 e. The summed E-state index contributed by atoms with van der Waals surface area (Å²) in [4.78, 5) is 2.52. The summed E-state index contributed by atoms with van der Waals surface area (Å²) in [7, 11) is 3.42. The van der Waals surface area contributed by atoms with Gasteiger partial charge in [-0.25, -0.2) is 4.39 Å². The lowest BCUT2D eigenvalue weighted by molar-refractivity contribution is 0.226. The SMILES string of the molecule is COc1ccc2c(c1)CCC(c1ccc(OC)cc1NCc1ccc(CCCN3CCCCC3)c(F)c1)C2. The van der Waals surface area contributed by atoms with Gasteiger partial charge in [0.2, 0.25) is 0 Å². The molecule has 38 heavy (non-hydrogen) atoms. The molecule has 1 saturated heterocycles. The van der Waals surface area contributed by atoms with Gasteiger partial charge in [-0.1, -0.05) is 30.7 Å². The van der Waals surface area contributed by atoms with E-state index in [1.807, 2.05) is 12.1 Å². The monoisotopic (exact) mass is 516 g/mol. The number of likely N-dealkylation sites (tertiary alicyclic amines) is 1. The van der Waals surface area contributed by atoms with Gasteiger partial charge in [0, 0.05) is 18.3 Å². The summed E-state index contributed by atoms with van der Waals surface area (Å²) in [6.45, 7) is 4.04. The maximum absolute atomic E-state index is 15.0. The molecule has 1 heterocycles. The maximum Gasteiger partial charge on any atom is 0.126 e. The third-order valence-corrected chi connectivity index (χ3v) is 8.31. The summed E-state index contributed by atoms with van der Waals surface area (Å²) >= 11 is 0. The van der Waals surface area contributed by atoms with Crippen molar-refractivity contribution in [1.82, 2.24) is 4.90 Å². The molecule has 2 aliphatic rings. The van der Waals surface area contributed by atoms with E-state index < -0.39 is 0 Å². The van der Waals surface area contributed by atoms with Gasteiger partial charge in [0.05, 0.1) is 14.2 Å². The number of rotatable bonds is 10. The zero-order chi connectivity index (χ0) is 26.3. The average molecular weight is 517 g/mol. The summed E-state index contributed by atoms with van der Waals surface area (Å²) < 4.78 is 25.9. The quantitative estimate of drug-likeness (QED) is 0.310. The van der Waals surface area contributed by atoms with E-state index in [-0.39, 0.29) is 5.82 Å². The first-order valence-electron chi connectivity index (χ1n) is 14.2. The Hall–Kier alpha value is -3.05. The molecule has 1 fully saturated rings. The van der Waals surface area contributed by atoms with Crippen LogP contribution in [-0.4, -0.2) is 38.8 Å². The Bertz CT molecular complexity index is 1220. The minimum atomic E-state index is -0.0897. The van der Waals surface area contributed by atoms with Crippen molar-refractivity contribution in [3.63, 3.8) is 0 Å². The van der Waals surface area contributed by atoms with Crippen molar-refractivity contribution in [2.24, 2.45) is 0 Å². The Morgan fingerprint density at radius 1 is 0.895 bits per heavy atom. The van der Waals surface area contributed by atoms with Crippen LogP contribution >= 0.6 is 0 Å². The number of methoxy groups -OCH3 is 2. The summed E-state index contributed by atoms with van der Waals surface area (Å²) in [6.07, 6.45) is 8.88. The normalized spacial score (nSPS) is 17.6. The van der Waals surface area contributed by atoms with Gasteiger partial charge in [0.15, 0.2) is 0 Å². The van der Waals surface area contributed by atoms with Gasteiger partial charge in [-0.2, -0.15) is 0 Å². The zero-order valence-corrected chi connectivity index (χ0v) is 22.9. The van der Waals surface area contributed by atoms with E-state index in [1.54, 1.807) is 20.3 Å². The van der Waals surface area contributed by atoms with Crippen molar-refractivity contribution in [2.75, 3.05) is 39.2 Å². The van der Waals surface area contributed by atoms with E-state index in [1.165, 1.54) is 49.0 Å². The molecule has 202 valence electrons. The second-order valence-corrected chi connectivity index (χ2v) is 10.8. The standard InChI is InChI=1S/C33H41FN2O2/c1-37-29-13-12-26-20-28(11-10-27(26)21-29)31-15-14-30(38-2)22-33(31)35-23-24-8-9-25(32(34)19-24)7-6-18-36-16-4-3-5-17-36/h8-9,12-15,19,21-22,28,35H,3-7,10-11,16-18,20,23H2,1-2H3. The highest BCUT2D eigenvalue weighted by Gasteiger charge is 2.23. The summed E-state index contributed by atoms with van der Waals surface area (Å²) in [6, 6.07) is 18.5. The lowest BCUT2D eigenvalue weighted by Crippen LogP contribution is -2.30. The molecule has 4 nitrogen and oxygen atoms in total. The van der Waals surface area contributed by atoms with Gasteiger partial charge in [0.1, 0.15) is 17.3 Å². The minimum Gasteiger partial charge on any atom is -0.497 e. The molecular formula is C33H41FN2O2. The number of aryl methyl sites for hydroxylation is 2. The van der Waals surface area contributed by atoms with E-state index in [0.717, 1.165) is 67.0 Å². The van der Waals surface area contributed by atoms with E-state index in [9.17, 15) is 4.39 Å². The van der Waals surface area contributed by atoms with E-state index >= 15 is 0 Å². The van der Waals surface area contributed by atoms with Crippen LogP contribution in [0.5, 0.6) is 11.5 Å². The first-order valence-corrected chi connectivity index (χ1v) is 14.2. The molecule has 0 bridgehead atoms. The van der Waals surface area contributed by atoms with E-state index in [2.05, 4.69) is 46.6 Å². The molecule has 3 aromatic carbocycles. The van der Waals surface area contributed by atoms with Gasteiger partial charge in [-0.15, -0.1) is 0 Å². The number of benzene rings is 3. The Kier molecular flexibility index (Phi) is 8.85. The summed E-state index contributed by atoms with van der Waals surface area (Å²) in [5.41, 5.74) is 6.92. The first-order chi connectivity index (χ1) is 18.6. The van der Waals surface area contributed by atoms with Gasteiger partial charge >= 0.3 is 0 Å². The maximum atomic E-state index is 15.0. The number of hydrogen-bond donors (Lipinski definition) is 1. The van der Waals surface area contributed by atoms with Crippen molar-refractivity contribution < 1.29 is 13.9 Å². The Labute approximate surface area is 227 Å². The van der Waals surface area contributed by atoms with Gasteiger partial charge in [-0.3, -0.25) is 0 Å². The predicted octanol–water partition coefficient (Wildman–Crippen LogP) is 7.15. The zero-order valence-electron chi connectivity index (χ0n) is 22.9. The van der Waals surface area contributed by atoms with Crippen LogP contribution in [0.2, 0.25) is 0 Å². The number of piperidine rings is 1.